The van der Waals surface area contributed by atoms with Crippen molar-refractivity contribution in [2.45, 2.75) is 45.6 Å². The van der Waals surface area contributed by atoms with Crippen LogP contribution in [0.25, 0.3) is 0 Å². The van der Waals surface area contributed by atoms with Gasteiger partial charge in [0.1, 0.15) is 0 Å². The smallest absolute Gasteiger partial charge is 0.229 e. The van der Waals surface area contributed by atoms with Gasteiger partial charge in [0.2, 0.25) is 9.76 Å². The maximum atomic E-state index is 5.47. The average molecular weight is 335 g/mol. The van der Waals surface area contributed by atoms with Crippen molar-refractivity contribution in [1.29, 1.82) is 0 Å². The molecule has 0 aromatic rings. The van der Waals surface area contributed by atoms with Gasteiger partial charge >= 0.3 is 0 Å². The summed E-state index contributed by atoms with van der Waals surface area (Å²) < 4.78 is 27.1. The van der Waals surface area contributed by atoms with E-state index in [4.69, 9.17) is 23.4 Å². The van der Waals surface area contributed by atoms with Crippen LogP contribution in [0.1, 0.15) is 39.5 Å². The van der Waals surface area contributed by atoms with E-state index < -0.39 is 0 Å². The van der Waals surface area contributed by atoms with Crippen LogP contribution >= 0.6 is 0 Å². The molecule has 0 heterocycles. The molecule has 22 heavy (non-hydrogen) atoms. The van der Waals surface area contributed by atoms with E-state index >= 15 is 0 Å². The fourth-order valence-corrected chi connectivity index (χ4v) is 2.37. The Morgan fingerprint density at radius 1 is 0.545 bits per heavy atom. The highest BCUT2D eigenvalue weighted by Crippen LogP contribution is 1.93. The molecule has 0 amide bonds. The van der Waals surface area contributed by atoms with Crippen LogP contribution in [0.15, 0.2) is 0 Å². The molecule has 0 saturated carbocycles. The zero-order valence-electron chi connectivity index (χ0n) is 14.4. The Balaban J connectivity index is 2.91. The van der Waals surface area contributed by atoms with Crippen LogP contribution < -0.4 is 0 Å². The first-order chi connectivity index (χ1) is 10.9. The summed E-state index contributed by atoms with van der Waals surface area (Å²) >= 11 is 0. The lowest BCUT2D eigenvalue weighted by atomic mass is 10.4. The van der Waals surface area contributed by atoms with E-state index in [0.29, 0.717) is 62.6 Å². The standard InChI is InChI=1S/C16H34O5Si/c1-3-5-7-17-8-9-18-10-11-19-12-13-20-14-15-21-22-16-6-4-2/h3-16H2,1-2H3. The molecule has 0 aliphatic heterocycles. The molecular weight excluding hydrogens is 300 g/mol. The Hall–Kier alpha value is 0.0169. The van der Waals surface area contributed by atoms with Gasteiger partial charge in [-0.05, 0) is 12.5 Å². The first kappa shape index (κ1) is 22.0. The van der Waals surface area contributed by atoms with E-state index in [9.17, 15) is 0 Å². The topological polar surface area (TPSA) is 46.2 Å². The van der Waals surface area contributed by atoms with Crippen molar-refractivity contribution in [3.8, 4) is 0 Å². The zero-order chi connectivity index (χ0) is 16.1. The second-order valence-corrected chi connectivity index (χ2v) is 5.98. The minimum Gasteiger partial charge on any atom is -0.415 e. The monoisotopic (exact) mass is 334 g/mol. The second-order valence-electron chi connectivity index (χ2n) is 4.90. The Labute approximate surface area is 138 Å². The Morgan fingerprint density at radius 2 is 1.00 bits per heavy atom. The quantitative estimate of drug-likeness (QED) is 0.268. The first-order valence-corrected chi connectivity index (χ1v) is 9.69. The molecule has 0 atom stereocenters. The van der Waals surface area contributed by atoms with E-state index in [0.717, 1.165) is 13.0 Å². The Morgan fingerprint density at radius 3 is 1.50 bits per heavy atom. The molecule has 2 radical (unpaired) electrons. The van der Waals surface area contributed by atoms with Gasteiger partial charge in [0.25, 0.3) is 0 Å². The van der Waals surface area contributed by atoms with E-state index in [1.807, 2.05) is 0 Å². The highest BCUT2D eigenvalue weighted by molar-refractivity contribution is 6.26. The van der Waals surface area contributed by atoms with Crippen LogP contribution in [0.3, 0.4) is 0 Å². The molecule has 0 unspecified atom stereocenters. The molecule has 0 aliphatic rings. The van der Waals surface area contributed by atoms with Gasteiger partial charge in [-0.2, -0.15) is 0 Å². The summed E-state index contributed by atoms with van der Waals surface area (Å²) in [5.74, 6) is 0. The van der Waals surface area contributed by atoms with Gasteiger partial charge in [-0.25, -0.2) is 0 Å². The van der Waals surface area contributed by atoms with E-state index in [1.54, 1.807) is 0 Å². The van der Waals surface area contributed by atoms with Gasteiger partial charge in [-0.15, -0.1) is 0 Å². The summed E-state index contributed by atoms with van der Waals surface area (Å²) in [5, 5.41) is 0. The summed E-state index contributed by atoms with van der Waals surface area (Å²) in [4.78, 5) is 0. The number of hydrogen-bond donors (Lipinski definition) is 0. The summed E-state index contributed by atoms with van der Waals surface area (Å²) in [6, 6.07) is 1.17. The summed E-state index contributed by atoms with van der Waals surface area (Å²) in [6.07, 6.45) is 4.77. The normalized spacial score (nSPS) is 11.2. The molecule has 0 aromatic carbocycles. The first-order valence-electron chi connectivity index (χ1n) is 8.57. The maximum Gasteiger partial charge on any atom is 0.229 e. The van der Waals surface area contributed by atoms with Crippen molar-refractivity contribution in [3.63, 3.8) is 0 Å². The number of hydrogen-bond acceptors (Lipinski definition) is 5. The number of rotatable bonds is 19. The predicted molar refractivity (Wildman–Crippen MR) is 89.6 cm³/mol. The molecular formula is C16H34O5Si. The van der Waals surface area contributed by atoms with Crippen molar-refractivity contribution in [1.82, 2.24) is 0 Å². The molecule has 5 nitrogen and oxygen atoms in total. The fourth-order valence-electron chi connectivity index (χ4n) is 1.50. The SMILES string of the molecule is CCCCOCCOCCOCCOCCO[Si]CCCC. The molecule has 0 bridgehead atoms. The van der Waals surface area contributed by atoms with E-state index in [-0.39, 0.29) is 0 Å². The van der Waals surface area contributed by atoms with E-state index in [2.05, 4.69) is 13.8 Å². The molecule has 132 valence electrons. The minimum absolute atomic E-state index is 0.604. The molecule has 0 rings (SSSR count). The van der Waals surface area contributed by atoms with E-state index in [1.165, 1.54) is 25.3 Å². The lowest BCUT2D eigenvalue weighted by molar-refractivity contribution is -0.00471. The highest BCUT2D eigenvalue weighted by Gasteiger charge is 1.94. The van der Waals surface area contributed by atoms with Crippen molar-refractivity contribution in [2.75, 3.05) is 59.5 Å². The predicted octanol–water partition coefficient (Wildman–Crippen LogP) is 2.71. The van der Waals surface area contributed by atoms with Gasteiger partial charge < -0.3 is 23.4 Å². The Bertz CT molecular complexity index is 175. The molecule has 0 aromatic heterocycles. The van der Waals surface area contributed by atoms with Crippen LogP contribution in [0.5, 0.6) is 0 Å². The lowest BCUT2D eigenvalue weighted by Gasteiger charge is -2.07. The van der Waals surface area contributed by atoms with Gasteiger partial charge in [-0.1, -0.05) is 33.1 Å². The molecule has 0 aliphatic carbocycles. The van der Waals surface area contributed by atoms with Crippen molar-refractivity contribution in [3.05, 3.63) is 0 Å². The second kappa shape index (κ2) is 21.0. The molecule has 0 spiro atoms. The fraction of sp³-hybridized carbons (Fsp3) is 1.00. The highest BCUT2D eigenvalue weighted by atomic mass is 28.2. The molecule has 0 saturated heterocycles. The third-order valence-corrected chi connectivity index (χ3v) is 3.79. The maximum absolute atomic E-state index is 5.47. The molecule has 0 fully saturated rings. The van der Waals surface area contributed by atoms with Gasteiger partial charge in [0.05, 0.1) is 52.9 Å². The van der Waals surface area contributed by atoms with Crippen LogP contribution in [-0.4, -0.2) is 69.2 Å². The summed E-state index contributed by atoms with van der Waals surface area (Å²) in [5.41, 5.74) is 0. The van der Waals surface area contributed by atoms with Crippen LogP contribution in [-0.2, 0) is 23.4 Å². The zero-order valence-corrected chi connectivity index (χ0v) is 15.4. The lowest BCUT2D eigenvalue weighted by Crippen LogP contribution is -2.13. The van der Waals surface area contributed by atoms with Crippen molar-refractivity contribution < 1.29 is 23.4 Å². The summed E-state index contributed by atoms with van der Waals surface area (Å²) in [6.45, 7) is 10.2. The largest absolute Gasteiger partial charge is 0.415 e. The van der Waals surface area contributed by atoms with Crippen LogP contribution in [0.4, 0.5) is 0 Å². The van der Waals surface area contributed by atoms with Gasteiger partial charge in [0, 0.05) is 6.61 Å². The third-order valence-electron chi connectivity index (χ3n) is 2.82. The number of ether oxygens (including phenoxy) is 4. The van der Waals surface area contributed by atoms with Crippen LogP contribution in [0, 0.1) is 0 Å². The van der Waals surface area contributed by atoms with Crippen molar-refractivity contribution in [2.24, 2.45) is 0 Å². The minimum atomic E-state index is 0.604. The third kappa shape index (κ3) is 20.0. The van der Waals surface area contributed by atoms with Crippen molar-refractivity contribution >= 4 is 9.76 Å². The van der Waals surface area contributed by atoms with Gasteiger partial charge in [0.15, 0.2) is 0 Å². The Kier molecular flexibility index (Phi) is 21.0. The molecule has 6 heteroatoms. The number of unbranched alkanes of at least 4 members (excludes halogenated alkanes) is 2. The molecule has 0 N–H and O–H groups in total. The average Bonchev–Trinajstić information content (AvgIpc) is 2.54. The van der Waals surface area contributed by atoms with Gasteiger partial charge in [-0.3, -0.25) is 0 Å². The summed E-state index contributed by atoms with van der Waals surface area (Å²) in [7, 11) is 0.612. The van der Waals surface area contributed by atoms with Crippen LogP contribution in [0.2, 0.25) is 6.04 Å².